The van der Waals surface area contributed by atoms with E-state index >= 15 is 0 Å². The number of likely N-dealkylation sites (tertiary alicyclic amines) is 1. The molecule has 2 aliphatic rings. The molecule has 1 N–H and O–H groups in total. The second-order valence-electron chi connectivity index (χ2n) is 8.50. The number of anilines is 1. The van der Waals surface area contributed by atoms with Gasteiger partial charge in [-0.05, 0) is 37.7 Å². The smallest absolute Gasteiger partial charge is 0.227 e. The van der Waals surface area contributed by atoms with Crippen LogP contribution in [0.15, 0.2) is 48.9 Å². The van der Waals surface area contributed by atoms with E-state index in [9.17, 15) is 9.59 Å². The minimum absolute atomic E-state index is 0.00719. The van der Waals surface area contributed by atoms with E-state index in [1.807, 2.05) is 35.2 Å². The number of nitrogens with zero attached hydrogens (tertiary/aromatic N) is 4. The summed E-state index contributed by atoms with van der Waals surface area (Å²) < 4.78 is 0. The van der Waals surface area contributed by atoms with Crippen molar-refractivity contribution in [1.82, 2.24) is 20.2 Å². The Hall–Kier alpha value is -2.96. The average Bonchev–Trinajstić information content (AvgIpc) is 2.84. The molecule has 0 saturated carbocycles. The van der Waals surface area contributed by atoms with Crippen LogP contribution in [0.2, 0.25) is 0 Å². The van der Waals surface area contributed by atoms with Crippen molar-refractivity contribution >= 4 is 17.6 Å². The zero-order valence-corrected chi connectivity index (χ0v) is 17.9. The van der Waals surface area contributed by atoms with E-state index in [1.54, 1.807) is 18.6 Å². The third-order valence-electron chi connectivity index (χ3n) is 6.30. The summed E-state index contributed by atoms with van der Waals surface area (Å²) in [7, 11) is 0. The number of carbonyl (C=O) groups excluding carboxylic acids is 2. The summed E-state index contributed by atoms with van der Waals surface area (Å²) in [6.07, 6.45) is 9.94. The Morgan fingerprint density at radius 1 is 1.03 bits per heavy atom. The highest BCUT2D eigenvalue weighted by atomic mass is 16.2. The Bertz CT molecular complexity index is 853. The van der Waals surface area contributed by atoms with Crippen LogP contribution >= 0.6 is 0 Å². The molecular formula is C24H31N5O2. The number of hydrogen-bond acceptors (Lipinski definition) is 5. The van der Waals surface area contributed by atoms with Crippen molar-refractivity contribution in [3.05, 3.63) is 54.5 Å². The number of rotatable bonds is 6. The van der Waals surface area contributed by atoms with Gasteiger partial charge in [0.2, 0.25) is 11.8 Å². The van der Waals surface area contributed by atoms with Crippen LogP contribution in [0.3, 0.4) is 0 Å². The van der Waals surface area contributed by atoms with Crippen molar-refractivity contribution in [2.24, 2.45) is 5.92 Å². The molecule has 3 heterocycles. The number of nitrogens with one attached hydrogen (secondary N) is 1. The van der Waals surface area contributed by atoms with E-state index in [0.29, 0.717) is 26.1 Å². The number of amides is 2. The summed E-state index contributed by atoms with van der Waals surface area (Å²) in [4.78, 5) is 38.1. The van der Waals surface area contributed by atoms with Gasteiger partial charge in [-0.15, -0.1) is 0 Å². The molecule has 7 nitrogen and oxygen atoms in total. The van der Waals surface area contributed by atoms with Crippen LogP contribution in [0.5, 0.6) is 0 Å². The number of piperidine rings is 2. The van der Waals surface area contributed by atoms with Crippen LogP contribution in [0.4, 0.5) is 5.82 Å². The Balaban J connectivity index is 1.21. The van der Waals surface area contributed by atoms with Crippen LogP contribution in [-0.4, -0.2) is 58.9 Å². The number of hydrogen-bond donors (Lipinski definition) is 1. The number of carbonyl (C=O) groups is 2. The molecule has 1 aromatic carbocycles. The van der Waals surface area contributed by atoms with Gasteiger partial charge in [-0.1, -0.05) is 30.3 Å². The molecule has 0 radical (unpaired) electrons. The van der Waals surface area contributed by atoms with E-state index in [1.165, 1.54) is 5.56 Å². The van der Waals surface area contributed by atoms with Gasteiger partial charge in [-0.2, -0.15) is 0 Å². The highest BCUT2D eigenvalue weighted by Crippen LogP contribution is 2.24. The van der Waals surface area contributed by atoms with Gasteiger partial charge >= 0.3 is 0 Å². The lowest BCUT2D eigenvalue weighted by molar-refractivity contribution is -0.137. The monoisotopic (exact) mass is 421 g/mol. The molecule has 2 fully saturated rings. The molecule has 2 saturated heterocycles. The van der Waals surface area contributed by atoms with Gasteiger partial charge in [0.05, 0.1) is 12.1 Å². The summed E-state index contributed by atoms with van der Waals surface area (Å²) in [5.74, 6) is 1.19. The Morgan fingerprint density at radius 3 is 2.58 bits per heavy atom. The van der Waals surface area contributed by atoms with E-state index in [-0.39, 0.29) is 23.8 Å². The summed E-state index contributed by atoms with van der Waals surface area (Å²) >= 11 is 0. The summed E-state index contributed by atoms with van der Waals surface area (Å²) in [5, 5.41) is 3.16. The first-order valence-corrected chi connectivity index (χ1v) is 11.3. The quantitative estimate of drug-likeness (QED) is 0.775. The van der Waals surface area contributed by atoms with Gasteiger partial charge in [0.1, 0.15) is 5.82 Å². The molecule has 2 aromatic rings. The highest BCUT2D eigenvalue weighted by molar-refractivity contribution is 5.80. The third kappa shape index (κ3) is 5.81. The van der Waals surface area contributed by atoms with Gasteiger partial charge in [0, 0.05) is 51.0 Å². The van der Waals surface area contributed by atoms with Crippen molar-refractivity contribution in [2.75, 3.05) is 31.1 Å². The lowest BCUT2D eigenvalue weighted by Crippen LogP contribution is -2.50. The molecule has 7 heteroatoms. The molecule has 0 aliphatic carbocycles. The van der Waals surface area contributed by atoms with Gasteiger partial charge in [0.25, 0.3) is 0 Å². The molecule has 164 valence electrons. The molecule has 1 atom stereocenters. The van der Waals surface area contributed by atoms with Gasteiger partial charge < -0.3 is 15.1 Å². The average molecular weight is 422 g/mol. The SMILES string of the molecule is O=C(CCc1ccccc1)NC1CCN(C(=O)C2CCCN(c3cnccn3)C2)CC1. The predicted octanol–water partition coefficient (Wildman–Crippen LogP) is 2.43. The maximum absolute atomic E-state index is 13.1. The van der Waals surface area contributed by atoms with Crippen molar-refractivity contribution < 1.29 is 9.59 Å². The first kappa shape index (κ1) is 21.3. The van der Waals surface area contributed by atoms with Gasteiger partial charge in [-0.25, -0.2) is 4.98 Å². The van der Waals surface area contributed by atoms with Gasteiger partial charge in [0.15, 0.2) is 0 Å². The maximum Gasteiger partial charge on any atom is 0.227 e. The van der Waals surface area contributed by atoms with Gasteiger partial charge in [-0.3, -0.25) is 14.6 Å². The molecule has 0 spiro atoms. The van der Waals surface area contributed by atoms with E-state index in [0.717, 1.165) is 44.5 Å². The third-order valence-corrected chi connectivity index (χ3v) is 6.30. The number of aryl methyl sites for hydroxylation is 1. The fraction of sp³-hybridized carbons (Fsp3) is 0.500. The zero-order valence-electron chi connectivity index (χ0n) is 17.9. The van der Waals surface area contributed by atoms with Crippen LogP contribution in [0, 0.1) is 5.92 Å². The minimum atomic E-state index is 0.00719. The molecule has 0 bridgehead atoms. The second-order valence-corrected chi connectivity index (χ2v) is 8.50. The first-order valence-electron chi connectivity index (χ1n) is 11.3. The standard InChI is InChI=1S/C24H31N5O2/c30-23(9-8-19-5-2-1-3-6-19)27-21-10-15-28(16-11-21)24(31)20-7-4-14-29(18-20)22-17-25-12-13-26-22/h1-3,5-6,12-13,17,20-21H,4,7-11,14-16,18H2,(H,27,30). The van der Waals surface area contributed by atoms with Crippen LogP contribution in [-0.2, 0) is 16.0 Å². The van der Waals surface area contributed by atoms with Crippen LogP contribution in [0.25, 0.3) is 0 Å². The van der Waals surface area contributed by atoms with E-state index in [2.05, 4.69) is 20.2 Å². The second kappa shape index (κ2) is 10.4. The number of aromatic nitrogens is 2. The summed E-state index contributed by atoms with van der Waals surface area (Å²) in [6, 6.07) is 10.2. The predicted molar refractivity (Wildman–Crippen MR) is 119 cm³/mol. The lowest BCUT2D eigenvalue weighted by atomic mass is 9.95. The molecule has 1 unspecified atom stereocenters. The van der Waals surface area contributed by atoms with Crippen molar-refractivity contribution in [1.29, 1.82) is 0 Å². The highest BCUT2D eigenvalue weighted by Gasteiger charge is 2.32. The number of benzene rings is 1. The first-order chi connectivity index (χ1) is 15.2. The topological polar surface area (TPSA) is 78.4 Å². The Morgan fingerprint density at radius 2 is 1.84 bits per heavy atom. The molecule has 1 aromatic heterocycles. The molecule has 2 amide bonds. The minimum Gasteiger partial charge on any atom is -0.355 e. The molecule has 2 aliphatic heterocycles. The molecule has 31 heavy (non-hydrogen) atoms. The lowest BCUT2D eigenvalue weighted by Gasteiger charge is -2.38. The van der Waals surface area contributed by atoms with Crippen LogP contribution < -0.4 is 10.2 Å². The van der Waals surface area contributed by atoms with Crippen molar-refractivity contribution in [2.45, 2.75) is 44.6 Å². The Kier molecular flexibility index (Phi) is 7.12. The van der Waals surface area contributed by atoms with E-state index < -0.39 is 0 Å². The van der Waals surface area contributed by atoms with E-state index in [4.69, 9.17) is 0 Å². The maximum atomic E-state index is 13.1. The zero-order chi connectivity index (χ0) is 21.5. The summed E-state index contributed by atoms with van der Waals surface area (Å²) in [5.41, 5.74) is 1.18. The molecular weight excluding hydrogens is 390 g/mol. The van der Waals surface area contributed by atoms with Crippen molar-refractivity contribution in [3.8, 4) is 0 Å². The fourth-order valence-electron chi connectivity index (χ4n) is 4.55. The van der Waals surface area contributed by atoms with Crippen molar-refractivity contribution in [3.63, 3.8) is 0 Å². The summed E-state index contributed by atoms with van der Waals surface area (Å²) in [6.45, 7) is 3.04. The van der Waals surface area contributed by atoms with Crippen LogP contribution in [0.1, 0.15) is 37.7 Å². The normalized spacial score (nSPS) is 19.8. The largest absolute Gasteiger partial charge is 0.355 e. The molecule has 4 rings (SSSR count). The Labute approximate surface area is 183 Å². The fourth-order valence-corrected chi connectivity index (χ4v) is 4.55.